The van der Waals surface area contributed by atoms with Gasteiger partial charge in [-0.3, -0.25) is 10.3 Å². The van der Waals surface area contributed by atoms with Gasteiger partial charge in [0.1, 0.15) is 5.75 Å². The number of benzene rings is 1. The lowest BCUT2D eigenvalue weighted by Gasteiger charge is -2.33. The van der Waals surface area contributed by atoms with Crippen molar-refractivity contribution in [2.24, 2.45) is 5.92 Å². The van der Waals surface area contributed by atoms with Gasteiger partial charge in [0.25, 0.3) is 0 Å². The molecular weight excluding hydrogens is 402 g/mol. The van der Waals surface area contributed by atoms with Crippen LogP contribution in [0.25, 0.3) is 6.08 Å². The number of amides is 2. The topological polar surface area (TPSA) is 80.2 Å². The molecule has 32 heavy (non-hydrogen) atoms. The van der Waals surface area contributed by atoms with Crippen molar-refractivity contribution in [1.82, 2.24) is 20.1 Å². The molecule has 0 spiro atoms. The van der Waals surface area contributed by atoms with Crippen molar-refractivity contribution in [2.75, 3.05) is 25.0 Å². The predicted molar refractivity (Wildman–Crippen MR) is 124 cm³/mol. The van der Waals surface area contributed by atoms with Gasteiger partial charge in [0.15, 0.2) is 5.82 Å². The summed E-state index contributed by atoms with van der Waals surface area (Å²) in [6.07, 6.45) is 9.10. The molecule has 0 aliphatic carbocycles. The van der Waals surface area contributed by atoms with Crippen LogP contribution in [0.2, 0.25) is 0 Å². The van der Waals surface area contributed by atoms with Gasteiger partial charge in [-0.1, -0.05) is 36.8 Å². The summed E-state index contributed by atoms with van der Waals surface area (Å²) >= 11 is 0. The first kappa shape index (κ1) is 21.5. The maximum absolute atomic E-state index is 12.5. The van der Waals surface area contributed by atoms with Crippen LogP contribution < -0.4 is 10.1 Å². The lowest BCUT2D eigenvalue weighted by atomic mass is 9.91. The van der Waals surface area contributed by atoms with Crippen LogP contribution in [0.3, 0.4) is 0 Å². The highest BCUT2D eigenvalue weighted by Gasteiger charge is 2.24. The second-order valence-electron chi connectivity index (χ2n) is 7.89. The van der Waals surface area contributed by atoms with Crippen LogP contribution in [0.15, 0.2) is 72.7 Å². The van der Waals surface area contributed by atoms with Crippen LogP contribution in [-0.2, 0) is 6.42 Å². The van der Waals surface area contributed by atoms with Gasteiger partial charge in [-0.05, 0) is 53.8 Å². The largest absolute Gasteiger partial charge is 0.493 e. The molecule has 1 unspecified atom stereocenters. The molecule has 0 saturated carbocycles. The quantitative estimate of drug-likeness (QED) is 0.626. The van der Waals surface area contributed by atoms with E-state index in [9.17, 15) is 4.79 Å². The Kier molecular flexibility index (Phi) is 7.07. The average Bonchev–Trinajstić information content (AvgIpc) is 2.82. The SMILES string of the molecule is CC1CN(C(=O)Nc2cccnn2)CCC1=Cc1cccc(OCCc2cccnc2)c1. The maximum atomic E-state index is 12.5. The van der Waals surface area contributed by atoms with E-state index in [0.29, 0.717) is 25.5 Å². The van der Waals surface area contributed by atoms with Gasteiger partial charge in [-0.15, -0.1) is 5.10 Å². The zero-order chi connectivity index (χ0) is 22.2. The molecule has 1 atom stereocenters. The Labute approximate surface area is 188 Å². The smallest absolute Gasteiger partial charge is 0.323 e. The average molecular weight is 430 g/mol. The summed E-state index contributed by atoms with van der Waals surface area (Å²) in [7, 11) is 0. The van der Waals surface area contributed by atoms with E-state index in [4.69, 9.17) is 4.74 Å². The lowest BCUT2D eigenvalue weighted by molar-refractivity contribution is 0.197. The van der Waals surface area contributed by atoms with Crippen molar-refractivity contribution in [3.8, 4) is 5.75 Å². The molecule has 1 aliphatic heterocycles. The van der Waals surface area contributed by atoms with Crippen molar-refractivity contribution in [3.05, 3.63) is 83.8 Å². The number of urea groups is 1. The summed E-state index contributed by atoms with van der Waals surface area (Å²) < 4.78 is 5.94. The predicted octanol–water partition coefficient (Wildman–Crippen LogP) is 4.45. The van der Waals surface area contributed by atoms with E-state index < -0.39 is 0 Å². The normalized spacial score (nSPS) is 17.2. The Morgan fingerprint density at radius 1 is 1.22 bits per heavy atom. The van der Waals surface area contributed by atoms with Crippen LogP contribution in [0.1, 0.15) is 24.5 Å². The van der Waals surface area contributed by atoms with E-state index in [1.807, 2.05) is 29.3 Å². The van der Waals surface area contributed by atoms with Crippen LogP contribution in [0.5, 0.6) is 5.75 Å². The standard InChI is InChI=1S/C25H27N5O2/c1-19-18-30(25(31)28-24-8-4-12-27-29-24)13-9-22(19)15-21-5-2-7-23(16-21)32-14-10-20-6-3-11-26-17-20/h2-8,11-12,15-17,19H,9-10,13-14,18H2,1H3,(H,28,29,31). The number of rotatable bonds is 6. The highest BCUT2D eigenvalue weighted by Crippen LogP contribution is 2.26. The van der Waals surface area contributed by atoms with Gasteiger partial charge >= 0.3 is 6.03 Å². The number of ether oxygens (including phenoxy) is 1. The molecule has 1 saturated heterocycles. The molecule has 1 aliphatic rings. The van der Waals surface area contributed by atoms with Crippen LogP contribution in [0.4, 0.5) is 10.6 Å². The number of carbonyl (C=O) groups excluding carboxylic acids is 1. The van der Waals surface area contributed by atoms with Gasteiger partial charge in [0.05, 0.1) is 6.61 Å². The second-order valence-corrected chi connectivity index (χ2v) is 7.89. The molecule has 1 fully saturated rings. The highest BCUT2D eigenvalue weighted by molar-refractivity contribution is 5.88. The first-order chi connectivity index (χ1) is 15.7. The molecule has 2 aromatic heterocycles. The summed E-state index contributed by atoms with van der Waals surface area (Å²) in [5.41, 5.74) is 3.61. The van der Waals surface area contributed by atoms with E-state index in [2.05, 4.69) is 51.7 Å². The molecule has 0 bridgehead atoms. The number of piperidine rings is 1. The fraction of sp³-hybridized carbons (Fsp3) is 0.280. The van der Waals surface area contributed by atoms with E-state index >= 15 is 0 Å². The Morgan fingerprint density at radius 3 is 2.91 bits per heavy atom. The van der Waals surface area contributed by atoms with E-state index in [0.717, 1.165) is 29.7 Å². The number of nitrogens with zero attached hydrogens (tertiary/aromatic N) is 4. The minimum Gasteiger partial charge on any atom is -0.493 e. The molecule has 0 radical (unpaired) electrons. The summed E-state index contributed by atoms with van der Waals surface area (Å²) in [5, 5.41) is 10.5. The molecule has 1 aromatic carbocycles. The molecule has 3 aromatic rings. The zero-order valence-corrected chi connectivity index (χ0v) is 18.1. The Bertz CT molecular complexity index is 1060. The third-order valence-electron chi connectivity index (χ3n) is 5.48. The monoisotopic (exact) mass is 429 g/mol. The molecule has 7 nitrogen and oxygen atoms in total. The first-order valence-electron chi connectivity index (χ1n) is 10.8. The number of hydrogen-bond donors (Lipinski definition) is 1. The van der Waals surface area contributed by atoms with Gasteiger partial charge in [-0.25, -0.2) is 4.79 Å². The van der Waals surface area contributed by atoms with Crippen molar-refractivity contribution in [2.45, 2.75) is 19.8 Å². The van der Waals surface area contributed by atoms with Crippen LogP contribution >= 0.6 is 0 Å². The van der Waals surface area contributed by atoms with E-state index in [-0.39, 0.29) is 11.9 Å². The molecule has 3 heterocycles. The Hall–Kier alpha value is -3.74. The minimum absolute atomic E-state index is 0.139. The third kappa shape index (κ3) is 5.91. The molecule has 7 heteroatoms. The van der Waals surface area contributed by atoms with Crippen molar-refractivity contribution in [3.63, 3.8) is 0 Å². The van der Waals surface area contributed by atoms with Gasteiger partial charge < -0.3 is 9.64 Å². The maximum Gasteiger partial charge on any atom is 0.323 e. The second kappa shape index (κ2) is 10.5. The third-order valence-corrected chi connectivity index (χ3v) is 5.48. The number of nitrogens with one attached hydrogen (secondary N) is 1. The number of likely N-dealkylation sites (tertiary alicyclic amines) is 1. The minimum atomic E-state index is -0.139. The first-order valence-corrected chi connectivity index (χ1v) is 10.8. The number of hydrogen-bond acceptors (Lipinski definition) is 5. The molecule has 164 valence electrons. The van der Waals surface area contributed by atoms with Crippen LogP contribution in [-0.4, -0.2) is 45.8 Å². The van der Waals surface area contributed by atoms with Gasteiger partial charge in [0.2, 0.25) is 0 Å². The van der Waals surface area contributed by atoms with Gasteiger partial charge in [-0.2, -0.15) is 5.10 Å². The van der Waals surface area contributed by atoms with E-state index in [1.165, 1.54) is 5.57 Å². The molecule has 2 amide bonds. The lowest BCUT2D eigenvalue weighted by Crippen LogP contribution is -2.42. The Balaban J connectivity index is 1.32. The summed E-state index contributed by atoms with van der Waals surface area (Å²) in [4.78, 5) is 18.5. The molecular formula is C25H27N5O2. The zero-order valence-electron chi connectivity index (χ0n) is 18.1. The molecule has 4 rings (SSSR count). The van der Waals surface area contributed by atoms with Gasteiger partial charge in [0, 0.05) is 38.1 Å². The summed E-state index contributed by atoms with van der Waals surface area (Å²) in [5.74, 6) is 1.59. The number of aromatic nitrogens is 3. The van der Waals surface area contributed by atoms with Crippen molar-refractivity contribution < 1.29 is 9.53 Å². The summed E-state index contributed by atoms with van der Waals surface area (Å²) in [6.45, 7) is 4.10. The van der Waals surface area contributed by atoms with E-state index in [1.54, 1.807) is 24.5 Å². The van der Waals surface area contributed by atoms with Crippen molar-refractivity contribution >= 4 is 17.9 Å². The van der Waals surface area contributed by atoms with Crippen LogP contribution in [0, 0.1) is 5.92 Å². The number of anilines is 1. The van der Waals surface area contributed by atoms with Crippen molar-refractivity contribution in [1.29, 1.82) is 0 Å². The molecule has 1 N–H and O–H groups in total. The fourth-order valence-electron chi connectivity index (χ4n) is 3.75. The summed E-state index contributed by atoms with van der Waals surface area (Å²) in [6, 6.07) is 15.5. The fourth-order valence-corrected chi connectivity index (χ4v) is 3.75. The number of pyridine rings is 1. The Morgan fingerprint density at radius 2 is 2.12 bits per heavy atom. The highest BCUT2D eigenvalue weighted by atomic mass is 16.5. The number of carbonyl (C=O) groups is 1.